The number of piperazine rings is 1. The van der Waals surface area contributed by atoms with Gasteiger partial charge in [-0.2, -0.15) is 0 Å². The Morgan fingerprint density at radius 1 is 0.826 bits per heavy atom. The second kappa shape index (κ2) is 8.59. The molecule has 134 valence electrons. The Morgan fingerprint density at radius 3 is 1.22 bits per heavy atom. The Kier molecular flexibility index (Phi) is 7.85. The average Bonchev–Trinajstić information content (AvgIpc) is 2.36. The van der Waals surface area contributed by atoms with Gasteiger partial charge in [-0.1, -0.05) is 0 Å². The first-order valence-electron chi connectivity index (χ1n) is 7.43. The molecule has 0 aromatic rings. The second-order valence-corrected chi connectivity index (χ2v) is 7.04. The standard InChI is InChI=1S/C14H26N2O4.CH2O2/c1-13(2,3)19-11(17)15-7-9-16(10-8-15)12(18)20-14(4,5)6;2-1-3/h7-10H2,1-6H3;1H,(H,2,3). The van der Waals surface area contributed by atoms with E-state index in [-0.39, 0.29) is 18.7 Å². The van der Waals surface area contributed by atoms with E-state index in [2.05, 4.69) is 0 Å². The average molecular weight is 332 g/mol. The number of nitrogens with zero attached hydrogens (tertiary/aromatic N) is 2. The van der Waals surface area contributed by atoms with Crippen LogP contribution in [0, 0.1) is 0 Å². The summed E-state index contributed by atoms with van der Waals surface area (Å²) < 4.78 is 10.6. The minimum Gasteiger partial charge on any atom is -0.483 e. The minimum absolute atomic E-state index is 0.250. The monoisotopic (exact) mass is 332 g/mol. The van der Waals surface area contributed by atoms with E-state index in [1.165, 1.54) is 0 Å². The largest absolute Gasteiger partial charge is 0.483 e. The highest BCUT2D eigenvalue weighted by molar-refractivity contribution is 5.70. The minimum atomic E-state index is -0.501. The molecule has 1 aliphatic rings. The van der Waals surface area contributed by atoms with Crippen LogP contribution in [0.25, 0.3) is 0 Å². The zero-order chi connectivity index (χ0) is 18.3. The Hall–Kier alpha value is -1.99. The molecule has 1 heterocycles. The number of ether oxygens (including phenoxy) is 2. The molecule has 1 aliphatic heterocycles. The Balaban J connectivity index is 0.00000149. The lowest BCUT2D eigenvalue weighted by molar-refractivity contribution is -0.122. The quantitative estimate of drug-likeness (QED) is 0.683. The van der Waals surface area contributed by atoms with Crippen molar-refractivity contribution in [2.45, 2.75) is 52.7 Å². The van der Waals surface area contributed by atoms with Crippen LogP contribution >= 0.6 is 0 Å². The van der Waals surface area contributed by atoms with E-state index in [9.17, 15) is 9.59 Å². The smallest absolute Gasteiger partial charge is 0.410 e. The number of carbonyl (C=O) groups is 3. The first-order valence-corrected chi connectivity index (χ1v) is 7.43. The summed E-state index contributed by atoms with van der Waals surface area (Å²) in [5.41, 5.74) is -1.00. The summed E-state index contributed by atoms with van der Waals surface area (Å²) in [7, 11) is 0. The molecule has 0 aromatic carbocycles. The lowest BCUT2D eigenvalue weighted by atomic mass is 10.2. The van der Waals surface area contributed by atoms with Crippen molar-refractivity contribution in [3.8, 4) is 0 Å². The molecule has 0 aliphatic carbocycles. The van der Waals surface area contributed by atoms with Crippen molar-refractivity contribution in [1.29, 1.82) is 0 Å². The zero-order valence-electron chi connectivity index (χ0n) is 14.8. The van der Waals surface area contributed by atoms with Gasteiger partial charge in [-0.15, -0.1) is 0 Å². The van der Waals surface area contributed by atoms with Crippen LogP contribution < -0.4 is 0 Å². The molecule has 1 saturated heterocycles. The van der Waals surface area contributed by atoms with Crippen molar-refractivity contribution in [3.63, 3.8) is 0 Å². The van der Waals surface area contributed by atoms with E-state index in [0.717, 1.165) is 0 Å². The molecule has 0 radical (unpaired) electrons. The van der Waals surface area contributed by atoms with Crippen LogP contribution in [0.2, 0.25) is 0 Å². The van der Waals surface area contributed by atoms with Gasteiger partial charge in [0, 0.05) is 26.2 Å². The van der Waals surface area contributed by atoms with Crippen molar-refractivity contribution < 1.29 is 29.0 Å². The van der Waals surface area contributed by atoms with Crippen LogP contribution in [0.3, 0.4) is 0 Å². The van der Waals surface area contributed by atoms with Gasteiger partial charge in [-0.25, -0.2) is 9.59 Å². The number of rotatable bonds is 0. The summed E-state index contributed by atoms with van der Waals surface area (Å²) in [6.07, 6.45) is -0.664. The van der Waals surface area contributed by atoms with Crippen LogP contribution in [0.15, 0.2) is 0 Å². The molecule has 0 bridgehead atoms. The van der Waals surface area contributed by atoms with Gasteiger partial charge in [-0.05, 0) is 41.5 Å². The number of hydrogen-bond donors (Lipinski definition) is 1. The Bertz CT molecular complexity index is 367. The van der Waals surface area contributed by atoms with Crippen molar-refractivity contribution >= 4 is 18.7 Å². The molecule has 1 N–H and O–H groups in total. The summed E-state index contributed by atoms with van der Waals surface area (Å²) in [5.74, 6) is 0. The first-order chi connectivity index (χ1) is 10.4. The summed E-state index contributed by atoms with van der Waals surface area (Å²) in [4.78, 5) is 35.4. The third kappa shape index (κ3) is 9.59. The van der Waals surface area contributed by atoms with E-state index >= 15 is 0 Å². The van der Waals surface area contributed by atoms with E-state index in [1.54, 1.807) is 9.80 Å². The molecule has 0 saturated carbocycles. The van der Waals surface area contributed by atoms with Crippen LogP contribution in [-0.4, -0.2) is 70.9 Å². The highest BCUT2D eigenvalue weighted by atomic mass is 16.6. The van der Waals surface area contributed by atoms with Gasteiger partial charge in [0.1, 0.15) is 11.2 Å². The molecule has 0 atom stereocenters. The topological polar surface area (TPSA) is 96.4 Å². The summed E-state index contributed by atoms with van der Waals surface area (Å²) in [5, 5.41) is 6.89. The third-order valence-corrected chi connectivity index (χ3v) is 2.58. The maximum Gasteiger partial charge on any atom is 0.410 e. The van der Waals surface area contributed by atoms with Crippen molar-refractivity contribution in [1.82, 2.24) is 9.80 Å². The van der Waals surface area contributed by atoms with Crippen LogP contribution in [-0.2, 0) is 14.3 Å². The molecule has 0 unspecified atom stereocenters. The fourth-order valence-corrected chi connectivity index (χ4v) is 1.72. The van der Waals surface area contributed by atoms with Gasteiger partial charge in [0.15, 0.2) is 0 Å². The third-order valence-electron chi connectivity index (χ3n) is 2.58. The van der Waals surface area contributed by atoms with E-state index in [0.29, 0.717) is 26.2 Å². The lowest BCUT2D eigenvalue weighted by Gasteiger charge is -2.36. The maximum atomic E-state index is 11.9. The number of amides is 2. The van der Waals surface area contributed by atoms with Gasteiger partial charge in [-0.3, -0.25) is 4.79 Å². The Labute approximate surface area is 137 Å². The Morgan fingerprint density at radius 2 is 1.04 bits per heavy atom. The molecule has 8 nitrogen and oxygen atoms in total. The SMILES string of the molecule is CC(C)(C)OC(=O)N1CCN(C(=O)OC(C)(C)C)CC1.O=CO. The van der Waals surface area contributed by atoms with Gasteiger partial charge in [0.25, 0.3) is 6.47 Å². The van der Waals surface area contributed by atoms with Crippen molar-refractivity contribution in [3.05, 3.63) is 0 Å². The molecule has 0 aromatic heterocycles. The molecule has 8 heteroatoms. The number of carboxylic acid groups (broad SMARTS) is 1. The highest BCUT2D eigenvalue weighted by Crippen LogP contribution is 2.14. The number of hydrogen-bond acceptors (Lipinski definition) is 5. The predicted molar refractivity (Wildman–Crippen MR) is 84.3 cm³/mol. The molecule has 2 amide bonds. The van der Waals surface area contributed by atoms with Crippen LogP contribution in [0.1, 0.15) is 41.5 Å². The molecular weight excluding hydrogens is 304 g/mol. The van der Waals surface area contributed by atoms with E-state index in [1.807, 2.05) is 41.5 Å². The van der Waals surface area contributed by atoms with Crippen molar-refractivity contribution in [2.24, 2.45) is 0 Å². The zero-order valence-corrected chi connectivity index (χ0v) is 14.8. The van der Waals surface area contributed by atoms with Crippen molar-refractivity contribution in [2.75, 3.05) is 26.2 Å². The van der Waals surface area contributed by atoms with E-state index < -0.39 is 11.2 Å². The van der Waals surface area contributed by atoms with Gasteiger partial charge < -0.3 is 24.4 Å². The summed E-state index contributed by atoms with van der Waals surface area (Å²) in [6.45, 7) is 12.6. The normalized spacial score (nSPS) is 15.2. The maximum absolute atomic E-state index is 11.9. The summed E-state index contributed by atoms with van der Waals surface area (Å²) in [6, 6.07) is 0. The van der Waals surface area contributed by atoms with Gasteiger partial charge in [0.05, 0.1) is 0 Å². The predicted octanol–water partition coefficient (Wildman–Crippen LogP) is 2.17. The second-order valence-electron chi connectivity index (χ2n) is 7.04. The van der Waals surface area contributed by atoms with Gasteiger partial charge >= 0.3 is 12.2 Å². The molecular formula is C15H28N2O6. The molecule has 1 rings (SSSR count). The van der Waals surface area contributed by atoms with Crippen LogP contribution in [0.4, 0.5) is 9.59 Å². The number of carbonyl (C=O) groups excluding carboxylic acids is 2. The highest BCUT2D eigenvalue weighted by Gasteiger charge is 2.29. The fourth-order valence-electron chi connectivity index (χ4n) is 1.72. The first kappa shape index (κ1) is 21.0. The lowest BCUT2D eigenvalue weighted by Crippen LogP contribution is -2.52. The fraction of sp³-hybridized carbons (Fsp3) is 0.800. The van der Waals surface area contributed by atoms with Gasteiger partial charge in [0.2, 0.25) is 0 Å². The molecule has 23 heavy (non-hydrogen) atoms. The molecule has 1 fully saturated rings. The molecule has 0 spiro atoms. The van der Waals surface area contributed by atoms with E-state index in [4.69, 9.17) is 19.4 Å². The van der Waals surface area contributed by atoms with Crippen LogP contribution in [0.5, 0.6) is 0 Å². The summed E-state index contributed by atoms with van der Waals surface area (Å²) >= 11 is 0.